The van der Waals surface area contributed by atoms with Crippen molar-refractivity contribution >= 4 is 17.3 Å². The fourth-order valence-electron chi connectivity index (χ4n) is 3.58. The first-order valence-corrected chi connectivity index (χ1v) is 10.2. The Morgan fingerprint density at radius 1 is 1.03 bits per heavy atom. The van der Waals surface area contributed by atoms with E-state index in [9.17, 15) is 4.79 Å². The number of amides is 1. The molecule has 1 atom stereocenters. The van der Waals surface area contributed by atoms with Gasteiger partial charge in [0.1, 0.15) is 12.4 Å². The lowest BCUT2D eigenvalue weighted by Crippen LogP contribution is -2.22. The van der Waals surface area contributed by atoms with Gasteiger partial charge < -0.3 is 19.7 Å². The number of hydrogen-bond acceptors (Lipinski definition) is 4. The first-order chi connectivity index (χ1) is 14.7. The topological polar surface area (TPSA) is 50.8 Å². The zero-order chi connectivity index (χ0) is 20.8. The zero-order valence-electron chi connectivity index (χ0n) is 17.1. The third kappa shape index (κ3) is 4.99. The van der Waals surface area contributed by atoms with Crippen LogP contribution in [-0.2, 0) is 11.3 Å². The molecule has 1 amide bonds. The smallest absolute Gasteiger partial charge is 0.255 e. The van der Waals surface area contributed by atoms with E-state index in [0.717, 1.165) is 36.4 Å². The fourth-order valence-corrected chi connectivity index (χ4v) is 3.58. The molecule has 0 aromatic heterocycles. The van der Waals surface area contributed by atoms with Crippen molar-refractivity contribution in [3.8, 4) is 5.75 Å². The minimum Gasteiger partial charge on any atom is -0.489 e. The van der Waals surface area contributed by atoms with E-state index in [1.54, 1.807) is 19.2 Å². The average molecular weight is 402 g/mol. The SMILES string of the molecule is COC1CCN(c2ccc(NC(=O)c3cccc(OCc4ccccc4)c3)cc2)C1. The van der Waals surface area contributed by atoms with E-state index in [4.69, 9.17) is 9.47 Å². The molecule has 0 spiro atoms. The van der Waals surface area contributed by atoms with Crippen LogP contribution >= 0.6 is 0 Å². The van der Waals surface area contributed by atoms with E-state index >= 15 is 0 Å². The number of anilines is 2. The van der Waals surface area contributed by atoms with Gasteiger partial charge >= 0.3 is 0 Å². The molecule has 5 heteroatoms. The van der Waals surface area contributed by atoms with Crippen LogP contribution in [0.5, 0.6) is 5.75 Å². The number of rotatable bonds is 7. The lowest BCUT2D eigenvalue weighted by molar-refractivity contribution is 0.102. The highest BCUT2D eigenvalue weighted by Crippen LogP contribution is 2.24. The molecule has 1 fully saturated rings. The summed E-state index contributed by atoms with van der Waals surface area (Å²) in [6.07, 6.45) is 1.33. The molecule has 1 unspecified atom stereocenters. The van der Waals surface area contributed by atoms with Crippen molar-refractivity contribution in [1.29, 1.82) is 0 Å². The van der Waals surface area contributed by atoms with Crippen LogP contribution < -0.4 is 15.0 Å². The molecule has 0 saturated carbocycles. The molecule has 5 nitrogen and oxygen atoms in total. The van der Waals surface area contributed by atoms with E-state index < -0.39 is 0 Å². The summed E-state index contributed by atoms with van der Waals surface area (Å²) in [5.74, 6) is 0.511. The predicted octanol–water partition coefficient (Wildman–Crippen LogP) is 4.74. The highest BCUT2D eigenvalue weighted by Gasteiger charge is 2.22. The van der Waals surface area contributed by atoms with Crippen LogP contribution in [0.25, 0.3) is 0 Å². The van der Waals surface area contributed by atoms with E-state index in [1.165, 1.54) is 0 Å². The van der Waals surface area contributed by atoms with Crippen LogP contribution in [0.3, 0.4) is 0 Å². The van der Waals surface area contributed by atoms with Crippen molar-refractivity contribution in [1.82, 2.24) is 0 Å². The number of carbonyl (C=O) groups excluding carboxylic acids is 1. The van der Waals surface area contributed by atoms with Crippen molar-refractivity contribution in [3.05, 3.63) is 90.0 Å². The Balaban J connectivity index is 1.35. The van der Waals surface area contributed by atoms with Crippen LogP contribution in [0.15, 0.2) is 78.9 Å². The molecule has 1 aliphatic rings. The van der Waals surface area contributed by atoms with Gasteiger partial charge in [0.15, 0.2) is 0 Å². The second-order valence-electron chi connectivity index (χ2n) is 7.40. The van der Waals surface area contributed by atoms with Crippen molar-refractivity contribution in [3.63, 3.8) is 0 Å². The maximum Gasteiger partial charge on any atom is 0.255 e. The Morgan fingerprint density at radius 2 is 1.83 bits per heavy atom. The molecule has 154 valence electrons. The number of methoxy groups -OCH3 is 1. The van der Waals surface area contributed by atoms with E-state index in [0.29, 0.717) is 24.0 Å². The highest BCUT2D eigenvalue weighted by atomic mass is 16.5. The van der Waals surface area contributed by atoms with Crippen LogP contribution in [0.2, 0.25) is 0 Å². The Bertz CT molecular complexity index is 973. The number of nitrogens with zero attached hydrogens (tertiary/aromatic N) is 1. The lowest BCUT2D eigenvalue weighted by atomic mass is 10.2. The second kappa shape index (κ2) is 9.46. The summed E-state index contributed by atoms with van der Waals surface area (Å²) in [5, 5.41) is 2.96. The molecule has 3 aromatic carbocycles. The van der Waals surface area contributed by atoms with E-state index in [2.05, 4.69) is 10.2 Å². The van der Waals surface area contributed by atoms with Crippen molar-refractivity contribution in [2.75, 3.05) is 30.4 Å². The van der Waals surface area contributed by atoms with Crippen LogP contribution in [-0.4, -0.2) is 32.2 Å². The first-order valence-electron chi connectivity index (χ1n) is 10.2. The molecular weight excluding hydrogens is 376 g/mol. The van der Waals surface area contributed by atoms with Crippen molar-refractivity contribution in [2.24, 2.45) is 0 Å². The number of hydrogen-bond donors (Lipinski definition) is 1. The third-order valence-electron chi connectivity index (χ3n) is 5.31. The molecule has 4 rings (SSSR count). The maximum atomic E-state index is 12.7. The zero-order valence-corrected chi connectivity index (χ0v) is 17.1. The van der Waals surface area contributed by atoms with Gasteiger partial charge in [-0.15, -0.1) is 0 Å². The van der Waals surface area contributed by atoms with E-state index in [-0.39, 0.29) is 5.91 Å². The molecular formula is C25H26N2O3. The molecule has 3 aromatic rings. The Hall–Kier alpha value is -3.31. The predicted molar refractivity (Wildman–Crippen MR) is 119 cm³/mol. The summed E-state index contributed by atoms with van der Waals surface area (Å²) >= 11 is 0. The summed E-state index contributed by atoms with van der Waals surface area (Å²) in [6.45, 7) is 2.35. The normalized spacial score (nSPS) is 15.8. The molecule has 0 aliphatic carbocycles. The monoisotopic (exact) mass is 402 g/mol. The van der Waals surface area contributed by atoms with Gasteiger partial charge in [-0.2, -0.15) is 0 Å². The molecule has 1 N–H and O–H groups in total. The molecule has 1 aliphatic heterocycles. The second-order valence-corrected chi connectivity index (χ2v) is 7.40. The first kappa shape index (κ1) is 20.0. The summed E-state index contributed by atoms with van der Waals surface area (Å²) in [4.78, 5) is 15.0. The Morgan fingerprint density at radius 3 is 2.57 bits per heavy atom. The van der Waals surface area contributed by atoms with Gasteiger partial charge in [0.25, 0.3) is 5.91 Å². The van der Waals surface area contributed by atoms with Gasteiger partial charge in [-0.05, 0) is 54.4 Å². The summed E-state index contributed by atoms with van der Waals surface area (Å²) < 4.78 is 11.3. The third-order valence-corrected chi connectivity index (χ3v) is 5.31. The lowest BCUT2D eigenvalue weighted by Gasteiger charge is -2.18. The molecule has 1 heterocycles. The van der Waals surface area contributed by atoms with Crippen LogP contribution in [0, 0.1) is 0 Å². The van der Waals surface area contributed by atoms with Gasteiger partial charge in [0.2, 0.25) is 0 Å². The minimum absolute atomic E-state index is 0.159. The molecule has 0 bridgehead atoms. The molecule has 30 heavy (non-hydrogen) atoms. The quantitative estimate of drug-likeness (QED) is 0.620. The number of ether oxygens (including phenoxy) is 2. The Labute approximate surface area is 177 Å². The van der Waals surface area contributed by atoms with Gasteiger partial charge in [0, 0.05) is 37.1 Å². The largest absolute Gasteiger partial charge is 0.489 e. The van der Waals surface area contributed by atoms with Gasteiger partial charge in [-0.1, -0.05) is 36.4 Å². The number of nitrogens with one attached hydrogen (secondary N) is 1. The van der Waals surface area contributed by atoms with Crippen LogP contribution in [0.4, 0.5) is 11.4 Å². The average Bonchev–Trinajstić information content (AvgIpc) is 3.28. The standard InChI is InChI=1S/C25H26N2O3/c1-29-24-14-15-27(17-24)22-12-10-21(11-13-22)26-25(28)20-8-5-9-23(16-20)30-18-19-6-3-2-4-7-19/h2-13,16,24H,14-15,17-18H2,1H3,(H,26,28). The summed E-state index contributed by atoms with van der Waals surface area (Å²) in [5.41, 5.74) is 3.56. The van der Waals surface area contributed by atoms with Gasteiger partial charge in [-0.25, -0.2) is 0 Å². The molecule has 0 radical (unpaired) electrons. The summed E-state index contributed by atoms with van der Waals surface area (Å²) in [6, 6.07) is 25.1. The fraction of sp³-hybridized carbons (Fsp3) is 0.240. The highest BCUT2D eigenvalue weighted by molar-refractivity contribution is 6.04. The number of carbonyl (C=O) groups is 1. The van der Waals surface area contributed by atoms with E-state index in [1.807, 2.05) is 66.7 Å². The van der Waals surface area contributed by atoms with Crippen molar-refractivity contribution < 1.29 is 14.3 Å². The summed E-state index contributed by atoms with van der Waals surface area (Å²) in [7, 11) is 1.76. The molecule has 1 saturated heterocycles. The van der Waals surface area contributed by atoms with Gasteiger partial charge in [-0.3, -0.25) is 4.79 Å². The maximum absolute atomic E-state index is 12.7. The Kier molecular flexibility index (Phi) is 6.30. The van der Waals surface area contributed by atoms with Crippen LogP contribution in [0.1, 0.15) is 22.3 Å². The minimum atomic E-state index is -0.159. The number of benzene rings is 3. The van der Waals surface area contributed by atoms with Gasteiger partial charge in [0.05, 0.1) is 6.10 Å². The van der Waals surface area contributed by atoms with Crippen molar-refractivity contribution in [2.45, 2.75) is 19.1 Å².